The van der Waals surface area contributed by atoms with E-state index in [0.29, 0.717) is 18.9 Å². The third-order valence-corrected chi connectivity index (χ3v) is 7.58. The maximum atomic E-state index is 13.2. The van der Waals surface area contributed by atoms with Gasteiger partial charge in [-0.05, 0) is 44.0 Å². The second-order valence-corrected chi connectivity index (χ2v) is 9.58. The number of hydrogen-bond acceptors (Lipinski definition) is 4. The molecular formula is C22H26N4O3S. The summed E-state index contributed by atoms with van der Waals surface area (Å²) in [7, 11) is -1.81. The number of aryl methyl sites for hydroxylation is 1. The van der Waals surface area contributed by atoms with Crippen molar-refractivity contribution in [3.63, 3.8) is 0 Å². The van der Waals surface area contributed by atoms with E-state index < -0.39 is 15.9 Å². The number of rotatable bonds is 5. The summed E-state index contributed by atoms with van der Waals surface area (Å²) in [6.45, 7) is 2.84. The average molecular weight is 427 g/mol. The van der Waals surface area contributed by atoms with Crippen LogP contribution in [0.1, 0.15) is 48.4 Å². The van der Waals surface area contributed by atoms with Crippen molar-refractivity contribution in [1.29, 1.82) is 0 Å². The minimum atomic E-state index is -3.72. The van der Waals surface area contributed by atoms with E-state index in [1.165, 1.54) is 10.4 Å². The van der Waals surface area contributed by atoms with Crippen LogP contribution in [-0.4, -0.2) is 41.3 Å². The van der Waals surface area contributed by atoms with Crippen molar-refractivity contribution in [3.05, 3.63) is 59.9 Å². The minimum Gasteiger partial charge on any atom is -0.342 e. The Morgan fingerprint density at radius 2 is 1.70 bits per heavy atom. The van der Waals surface area contributed by atoms with Crippen molar-refractivity contribution in [2.45, 2.75) is 37.1 Å². The summed E-state index contributed by atoms with van der Waals surface area (Å²) in [5, 5.41) is 2.92. The minimum absolute atomic E-state index is 0.0570. The number of piperidine rings is 1. The van der Waals surface area contributed by atoms with Gasteiger partial charge in [0.25, 0.3) is 5.91 Å². The first-order valence-electron chi connectivity index (χ1n) is 10.2. The lowest BCUT2D eigenvalue weighted by Gasteiger charge is -2.26. The summed E-state index contributed by atoms with van der Waals surface area (Å²) >= 11 is 0. The van der Waals surface area contributed by atoms with Crippen LogP contribution in [0.4, 0.5) is 0 Å². The Bertz CT molecular complexity index is 1180. The molecule has 1 atom stereocenters. The smallest absolute Gasteiger partial charge is 0.253 e. The topological polar surface area (TPSA) is 84.3 Å². The van der Waals surface area contributed by atoms with E-state index in [2.05, 4.69) is 10.3 Å². The molecule has 1 aliphatic heterocycles. The molecule has 0 aliphatic carbocycles. The van der Waals surface area contributed by atoms with E-state index in [4.69, 9.17) is 0 Å². The van der Waals surface area contributed by atoms with Gasteiger partial charge in [-0.2, -0.15) is 4.31 Å². The molecule has 2 aromatic carbocycles. The molecule has 4 rings (SSSR count). The van der Waals surface area contributed by atoms with Crippen molar-refractivity contribution in [1.82, 2.24) is 19.2 Å². The molecule has 0 spiro atoms. The number of carbonyl (C=O) groups is 1. The number of sulfonamides is 1. The van der Waals surface area contributed by atoms with Gasteiger partial charge in [0.2, 0.25) is 10.0 Å². The van der Waals surface area contributed by atoms with Crippen LogP contribution < -0.4 is 5.32 Å². The Morgan fingerprint density at radius 1 is 1.03 bits per heavy atom. The maximum absolute atomic E-state index is 13.2. The molecule has 1 aliphatic rings. The van der Waals surface area contributed by atoms with E-state index in [1.54, 1.807) is 18.2 Å². The third kappa shape index (κ3) is 3.73. The summed E-state index contributed by atoms with van der Waals surface area (Å²) in [5.41, 5.74) is 1.99. The molecular weight excluding hydrogens is 400 g/mol. The zero-order valence-corrected chi connectivity index (χ0v) is 18.0. The molecule has 0 saturated carbocycles. The highest BCUT2D eigenvalue weighted by molar-refractivity contribution is 7.89. The highest BCUT2D eigenvalue weighted by atomic mass is 32.2. The molecule has 1 fully saturated rings. The second kappa shape index (κ2) is 8.20. The van der Waals surface area contributed by atoms with Gasteiger partial charge in [-0.25, -0.2) is 13.4 Å². The lowest BCUT2D eigenvalue weighted by Crippen LogP contribution is -2.37. The summed E-state index contributed by atoms with van der Waals surface area (Å²) in [4.78, 5) is 17.8. The Morgan fingerprint density at radius 3 is 2.43 bits per heavy atom. The summed E-state index contributed by atoms with van der Waals surface area (Å²) in [6, 6.07) is 13.8. The average Bonchev–Trinajstić information content (AvgIpc) is 3.11. The Hall–Kier alpha value is -2.71. The highest BCUT2D eigenvalue weighted by Gasteiger charge is 2.30. The number of imidazole rings is 1. The van der Waals surface area contributed by atoms with Crippen molar-refractivity contribution >= 4 is 27.0 Å². The van der Waals surface area contributed by atoms with Crippen molar-refractivity contribution in [3.8, 4) is 0 Å². The number of carbonyl (C=O) groups excluding carboxylic acids is 1. The van der Waals surface area contributed by atoms with Crippen molar-refractivity contribution in [2.75, 3.05) is 13.1 Å². The summed E-state index contributed by atoms with van der Waals surface area (Å²) < 4.78 is 29.8. The van der Waals surface area contributed by atoms with Gasteiger partial charge in [-0.1, -0.05) is 30.7 Å². The number of amides is 1. The number of fused-ring (bicyclic) bond motifs is 1. The van der Waals surface area contributed by atoms with Crippen LogP contribution >= 0.6 is 0 Å². The molecule has 30 heavy (non-hydrogen) atoms. The molecule has 0 bridgehead atoms. The van der Waals surface area contributed by atoms with Gasteiger partial charge < -0.3 is 9.88 Å². The monoisotopic (exact) mass is 426 g/mol. The van der Waals surface area contributed by atoms with Gasteiger partial charge >= 0.3 is 0 Å². The van der Waals surface area contributed by atoms with Gasteiger partial charge in [0.05, 0.1) is 27.5 Å². The van der Waals surface area contributed by atoms with E-state index >= 15 is 0 Å². The Labute approximate surface area is 176 Å². The first-order chi connectivity index (χ1) is 14.4. The molecule has 3 aromatic rings. The van der Waals surface area contributed by atoms with Crippen molar-refractivity contribution < 1.29 is 13.2 Å². The summed E-state index contributed by atoms with van der Waals surface area (Å²) in [5.74, 6) is 0.284. The maximum Gasteiger partial charge on any atom is 0.253 e. The lowest BCUT2D eigenvalue weighted by molar-refractivity contribution is 0.0934. The van der Waals surface area contributed by atoms with E-state index in [0.717, 1.165) is 30.3 Å². The number of benzene rings is 2. The van der Waals surface area contributed by atoms with Crippen LogP contribution in [0.5, 0.6) is 0 Å². The van der Waals surface area contributed by atoms with Crippen LogP contribution in [0.2, 0.25) is 0 Å². The fraction of sp³-hybridized carbons (Fsp3) is 0.364. The fourth-order valence-electron chi connectivity index (χ4n) is 4.01. The fourth-order valence-corrected chi connectivity index (χ4v) is 5.72. The number of aromatic nitrogens is 2. The molecule has 158 valence electrons. The third-order valence-electron chi connectivity index (χ3n) is 5.62. The van der Waals surface area contributed by atoms with Gasteiger partial charge in [-0.15, -0.1) is 0 Å². The highest BCUT2D eigenvalue weighted by Crippen LogP contribution is 2.25. The lowest BCUT2D eigenvalue weighted by atomic mass is 10.2. The molecule has 0 radical (unpaired) electrons. The van der Waals surface area contributed by atoms with E-state index in [1.807, 2.05) is 42.8 Å². The van der Waals surface area contributed by atoms with Crippen LogP contribution in [0.25, 0.3) is 11.0 Å². The van der Waals surface area contributed by atoms with E-state index in [-0.39, 0.29) is 16.5 Å². The predicted octanol–water partition coefficient (Wildman–Crippen LogP) is 3.24. The first kappa shape index (κ1) is 20.6. The first-order valence-corrected chi connectivity index (χ1v) is 11.6. The van der Waals surface area contributed by atoms with Gasteiger partial charge in [0, 0.05) is 20.1 Å². The zero-order chi connectivity index (χ0) is 21.3. The van der Waals surface area contributed by atoms with Gasteiger partial charge in [0.15, 0.2) is 0 Å². The SMILES string of the molecule is C[C@H](NC(=O)c1ccccc1S(=O)(=O)N1CCCCC1)c1nc2ccccc2n1C. The standard InChI is InChI=1S/C22H26N4O3S/c1-16(21-24-18-11-5-6-12-19(18)25(21)2)23-22(27)17-10-4-7-13-20(17)30(28,29)26-14-8-3-9-15-26/h4-7,10-13,16H,3,8-9,14-15H2,1-2H3,(H,23,27)/t16-/m0/s1. The molecule has 1 amide bonds. The Kier molecular flexibility index (Phi) is 5.62. The largest absolute Gasteiger partial charge is 0.342 e. The molecule has 2 heterocycles. The van der Waals surface area contributed by atoms with Crippen LogP contribution in [0.15, 0.2) is 53.4 Å². The van der Waals surface area contributed by atoms with Gasteiger partial charge in [0.1, 0.15) is 5.82 Å². The van der Waals surface area contributed by atoms with Crippen LogP contribution in [-0.2, 0) is 17.1 Å². The summed E-state index contributed by atoms with van der Waals surface area (Å²) in [6.07, 6.45) is 2.72. The molecule has 1 N–H and O–H groups in total. The predicted molar refractivity (Wildman–Crippen MR) is 116 cm³/mol. The van der Waals surface area contributed by atoms with Crippen LogP contribution in [0.3, 0.4) is 0 Å². The Balaban J connectivity index is 1.61. The molecule has 0 unspecified atom stereocenters. The molecule has 8 heteroatoms. The van der Waals surface area contributed by atoms with Crippen molar-refractivity contribution in [2.24, 2.45) is 7.05 Å². The van der Waals surface area contributed by atoms with Gasteiger partial charge in [-0.3, -0.25) is 4.79 Å². The number of nitrogens with zero attached hydrogens (tertiary/aromatic N) is 3. The number of nitrogens with one attached hydrogen (secondary N) is 1. The quantitative estimate of drug-likeness (QED) is 0.679. The van der Waals surface area contributed by atoms with E-state index in [9.17, 15) is 13.2 Å². The molecule has 1 aromatic heterocycles. The normalized spacial score (nSPS) is 16.5. The molecule has 7 nitrogen and oxygen atoms in total. The second-order valence-electron chi connectivity index (χ2n) is 7.67. The zero-order valence-electron chi connectivity index (χ0n) is 17.2. The number of para-hydroxylation sites is 2. The number of hydrogen-bond donors (Lipinski definition) is 1. The molecule has 1 saturated heterocycles. The van der Waals surface area contributed by atoms with Crippen LogP contribution in [0, 0.1) is 0 Å².